The molecule has 2 heteroatoms. The maximum Gasteiger partial charge on any atom is 0.135 e. The molecule has 0 radical (unpaired) electrons. The van der Waals surface area contributed by atoms with E-state index in [1.54, 1.807) is 0 Å². The molecule has 1 aromatic rings. The molecule has 1 rings (SSSR count). The van der Waals surface area contributed by atoms with Gasteiger partial charge in [-0.1, -0.05) is 44.2 Å². The zero-order chi connectivity index (χ0) is 12.0. The fourth-order valence-corrected chi connectivity index (χ4v) is 1.71. The van der Waals surface area contributed by atoms with Gasteiger partial charge in [0.15, 0.2) is 0 Å². The van der Waals surface area contributed by atoms with E-state index in [0.29, 0.717) is 18.7 Å². The Bertz CT molecular complexity index is 319. The van der Waals surface area contributed by atoms with Gasteiger partial charge in [0.25, 0.3) is 0 Å². The number of Topliss-reactive ketones (excluding diaryl/α,β-unsaturated/α-hetero) is 1. The Morgan fingerprint density at radius 3 is 2.38 bits per heavy atom. The Balaban J connectivity index is 2.53. The van der Waals surface area contributed by atoms with Crippen LogP contribution in [0.4, 0.5) is 0 Å². The van der Waals surface area contributed by atoms with Gasteiger partial charge in [-0.05, 0) is 24.4 Å². The van der Waals surface area contributed by atoms with Crippen LogP contribution < -0.4 is 5.73 Å². The van der Waals surface area contributed by atoms with E-state index in [9.17, 15) is 4.79 Å². The molecule has 16 heavy (non-hydrogen) atoms. The van der Waals surface area contributed by atoms with Crippen LogP contribution in [-0.2, 0) is 11.2 Å². The van der Waals surface area contributed by atoms with Crippen molar-refractivity contribution in [2.45, 2.75) is 26.7 Å². The normalized spacial score (nSPS) is 12.8. The quantitative estimate of drug-likeness (QED) is 0.798. The molecule has 0 aromatic heterocycles. The maximum absolute atomic E-state index is 11.6. The Morgan fingerprint density at radius 2 is 1.88 bits per heavy atom. The van der Waals surface area contributed by atoms with Gasteiger partial charge in [-0.15, -0.1) is 0 Å². The average molecular weight is 219 g/mol. The predicted molar refractivity (Wildman–Crippen MR) is 67.2 cm³/mol. The lowest BCUT2D eigenvalue weighted by Gasteiger charge is -2.15. The van der Waals surface area contributed by atoms with Crippen LogP contribution in [0.2, 0.25) is 0 Å². The summed E-state index contributed by atoms with van der Waals surface area (Å²) < 4.78 is 0. The van der Waals surface area contributed by atoms with E-state index in [1.165, 1.54) is 5.56 Å². The second kappa shape index (κ2) is 6.44. The van der Waals surface area contributed by atoms with E-state index in [0.717, 1.165) is 6.42 Å². The molecular weight excluding hydrogens is 198 g/mol. The van der Waals surface area contributed by atoms with Crippen LogP contribution >= 0.6 is 0 Å². The molecule has 0 aliphatic rings. The second-order valence-electron chi connectivity index (χ2n) is 4.62. The highest BCUT2D eigenvalue weighted by atomic mass is 16.1. The van der Waals surface area contributed by atoms with E-state index in [1.807, 2.05) is 32.0 Å². The van der Waals surface area contributed by atoms with Crippen molar-refractivity contribution >= 4 is 5.78 Å². The smallest absolute Gasteiger partial charge is 0.135 e. The van der Waals surface area contributed by atoms with Gasteiger partial charge in [-0.2, -0.15) is 0 Å². The van der Waals surface area contributed by atoms with Gasteiger partial charge in [0.1, 0.15) is 5.78 Å². The Morgan fingerprint density at radius 1 is 1.25 bits per heavy atom. The van der Waals surface area contributed by atoms with Gasteiger partial charge in [-0.25, -0.2) is 0 Å². The fourth-order valence-electron chi connectivity index (χ4n) is 1.71. The largest absolute Gasteiger partial charge is 0.330 e. The SMILES string of the molecule is CC(C)C(=O)C[C@H](CN)Cc1ccccc1. The molecular formula is C14H21NO. The summed E-state index contributed by atoms with van der Waals surface area (Å²) >= 11 is 0. The average Bonchev–Trinajstić information content (AvgIpc) is 2.29. The van der Waals surface area contributed by atoms with Crippen molar-refractivity contribution in [2.24, 2.45) is 17.6 Å². The van der Waals surface area contributed by atoms with Gasteiger partial charge < -0.3 is 5.73 Å². The summed E-state index contributed by atoms with van der Waals surface area (Å²) in [6.07, 6.45) is 1.50. The van der Waals surface area contributed by atoms with Crippen LogP contribution in [0.15, 0.2) is 30.3 Å². The summed E-state index contributed by atoms with van der Waals surface area (Å²) in [7, 11) is 0. The zero-order valence-corrected chi connectivity index (χ0v) is 10.1. The minimum absolute atomic E-state index is 0.116. The minimum Gasteiger partial charge on any atom is -0.330 e. The molecule has 0 saturated heterocycles. The van der Waals surface area contributed by atoms with E-state index in [4.69, 9.17) is 5.73 Å². The first-order chi connectivity index (χ1) is 7.63. The number of hydrogen-bond donors (Lipinski definition) is 1. The predicted octanol–water partition coefficient (Wildman–Crippen LogP) is 2.42. The van der Waals surface area contributed by atoms with Crippen LogP contribution in [0.25, 0.3) is 0 Å². The first-order valence-electron chi connectivity index (χ1n) is 5.90. The Kier molecular flexibility index (Phi) is 5.20. The standard InChI is InChI=1S/C14H21NO/c1-11(2)14(16)9-13(10-15)8-12-6-4-3-5-7-12/h3-7,11,13H,8-10,15H2,1-2H3/t13-/m1/s1. The highest BCUT2D eigenvalue weighted by Crippen LogP contribution is 2.14. The zero-order valence-electron chi connectivity index (χ0n) is 10.1. The van der Waals surface area contributed by atoms with Crippen LogP contribution in [0.5, 0.6) is 0 Å². The lowest BCUT2D eigenvalue weighted by molar-refractivity contribution is -0.122. The summed E-state index contributed by atoms with van der Waals surface area (Å²) in [4.78, 5) is 11.6. The number of hydrogen-bond acceptors (Lipinski definition) is 2. The molecule has 0 heterocycles. The van der Waals surface area contributed by atoms with Crippen molar-refractivity contribution < 1.29 is 4.79 Å². The van der Waals surface area contributed by atoms with Crippen LogP contribution in [0, 0.1) is 11.8 Å². The third-order valence-electron chi connectivity index (χ3n) is 2.83. The molecule has 0 amide bonds. The molecule has 0 aliphatic heterocycles. The van der Waals surface area contributed by atoms with Crippen molar-refractivity contribution in [2.75, 3.05) is 6.54 Å². The van der Waals surface area contributed by atoms with Gasteiger partial charge >= 0.3 is 0 Å². The second-order valence-corrected chi connectivity index (χ2v) is 4.62. The number of ketones is 1. The molecule has 0 saturated carbocycles. The topological polar surface area (TPSA) is 43.1 Å². The third kappa shape index (κ3) is 4.15. The molecule has 1 atom stereocenters. The van der Waals surface area contributed by atoms with E-state index < -0.39 is 0 Å². The number of nitrogens with two attached hydrogens (primary N) is 1. The van der Waals surface area contributed by atoms with Crippen molar-refractivity contribution in [3.63, 3.8) is 0 Å². The molecule has 0 spiro atoms. The summed E-state index contributed by atoms with van der Waals surface area (Å²) in [6.45, 7) is 4.46. The molecule has 1 aromatic carbocycles. The monoisotopic (exact) mass is 219 g/mol. The molecule has 2 nitrogen and oxygen atoms in total. The number of carbonyl (C=O) groups is 1. The van der Waals surface area contributed by atoms with Crippen LogP contribution in [0.1, 0.15) is 25.8 Å². The summed E-state index contributed by atoms with van der Waals surface area (Å²) in [6, 6.07) is 10.2. The van der Waals surface area contributed by atoms with E-state index in [-0.39, 0.29) is 11.8 Å². The highest BCUT2D eigenvalue weighted by molar-refractivity contribution is 5.80. The first-order valence-corrected chi connectivity index (χ1v) is 5.90. The van der Waals surface area contributed by atoms with Gasteiger partial charge in [-0.3, -0.25) is 4.79 Å². The fraction of sp³-hybridized carbons (Fsp3) is 0.500. The molecule has 0 unspecified atom stereocenters. The first kappa shape index (κ1) is 12.9. The number of rotatable bonds is 6. The van der Waals surface area contributed by atoms with E-state index in [2.05, 4.69) is 12.1 Å². The summed E-state index contributed by atoms with van der Waals surface area (Å²) in [5.41, 5.74) is 6.98. The van der Waals surface area contributed by atoms with Crippen LogP contribution in [-0.4, -0.2) is 12.3 Å². The van der Waals surface area contributed by atoms with Crippen molar-refractivity contribution in [3.8, 4) is 0 Å². The van der Waals surface area contributed by atoms with Gasteiger partial charge in [0.05, 0.1) is 0 Å². The lowest BCUT2D eigenvalue weighted by Crippen LogP contribution is -2.22. The Labute approximate surface area is 97.9 Å². The lowest BCUT2D eigenvalue weighted by atomic mass is 9.91. The van der Waals surface area contributed by atoms with Crippen molar-refractivity contribution in [3.05, 3.63) is 35.9 Å². The van der Waals surface area contributed by atoms with Gasteiger partial charge in [0, 0.05) is 12.3 Å². The van der Waals surface area contributed by atoms with E-state index >= 15 is 0 Å². The molecule has 2 N–H and O–H groups in total. The Hall–Kier alpha value is -1.15. The molecule has 0 bridgehead atoms. The molecule has 88 valence electrons. The highest BCUT2D eigenvalue weighted by Gasteiger charge is 2.15. The van der Waals surface area contributed by atoms with Crippen molar-refractivity contribution in [1.82, 2.24) is 0 Å². The third-order valence-corrected chi connectivity index (χ3v) is 2.83. The number of benzene rings is 1. The molecule has 0 aliphatic carbocycles. The van der Waals surface area contributed by atoms with Gasteiger partial charge in [0.2, 0.25) is 0 Å². The number of carbonyl (C=O) groups excluding carboxylic acids is 1. The summed E-state index contributed by atoms with van der Waals surface area (Å²) in [5.74, 6) is 0.702. The van der Waals surface area contributed by atoms with Crippen LogP contribution in [0.3, 0.4) is 0 Å². The molecule has 0 fully saturated rings. The summed E-state index contributed by atoms with van der Waals surface area (Å²) in [5, 5.41) is 0. The minimum atomic E-state index is 0.116. The maximum atomic E-state index is 11.6. The van der Waals surface area contributed by atoms with Crippen molar-refractivity contribution in [1.29, 1.82) is 0 Å².